The molecule has 0 aliphatic carbocycles. The van der Waals surface area contributed by atoms with Gasteiger partial charge in [0.05, 0.1) is 11.8 Å². The number of nitrogens with two attached hydrogens (primary N) is 1. The summed E-state index contributed by atoms with van der Waals surface area (Å²) in [6, 6.07) is 6.99. The van der Waals surface area contributed by atoms with Crippen LogP contribution in [-0.2, 0) is 16.0 Å². The molecule has 3 N–H and O–H groups in total. The molecule has 80 valence electrons. The summed E-state index contributed by atoms with van der Waals surface area (Å²) in [6.45, 7) is 0. The Morgan fingerprint density at radius 2 is 1.87 bits per heavy atom. The van der Waals surface area contributed by atoms with Crippen LogP contribution in [0.2, 0.25) is 0 Å². The van der Waals surface area contributed by atoms with Crippen molar-refractivity contribution in [3.63, 3.8) is 0 Å². The monoisotopic (exact) mass is 270 g/mol. The highest BCUT2D eigenvalue weighted by Gasteiger charge is 2.01. The van der Waals surface area contributed by atoms with Crippen molar-refractivity contribution >= 4 is 33.4 Å². The number of nitrogens with one attached hydrogen (secondary N) is 1. The van der Waals surface area contributed by atoms with E-state index < -0.39 is 0 Å². The second-order valence-corrected chi connectivity index (χ2v) is 3.58. The highest BCUT2D eigenvalue weighted by atomic mass is 79.9. The molecule has 0 fully saturated rings. The Morgan fingerprint density at radius 3 is 2.33 bits per heavy atom. The Kier molecular flexibility index (Phi) is 4.30. The lowest BCUT2D eigenvalue weighted by Crippen LogP contribution is -2.14. The van der Waals surface area contributed by atoms with Crippen LogP contribution in [0.25, 0.3) is 0 Å². The van der Waals surface area contributed by atoms with Gasteiger partial charge in [-0.05, 0) is 17.7 Å². The number of hydrogen-bond donors (Lipinski definition) is 2. The van der Waals surface area contributed by atoms with Crippen LogP contribution in [0, 0.1) is 0 Å². The van der Waals surface area contributed by atoms with Gasteiger partial charge in [0.25, 0.3) is 0 Å². The van der Waals surface area contributed by atoms with Gasteiger partial charge in [0.2, 0.25) is 11.8 Å². The first-order chi connectivity index (χ1) is 7.11. The Hall–Kier alpha value is -1.36. The molecule has 1 aromatic carbocycles. The number of carbonyl (C=O) groups excluding carboxylic acids is 2. The third-order valence-electron chi connectivity index (χ3n) is 1.74. The van der Waals surface area contributed by atoms with E-state index in [1.807, 2.05) is 0 Å². The van der Waals surface area contributed by atoms with Gasteiger partial charge in [-0.3, -0.25) is 9.59 Å². The Labute approximate surface area is 96.0 Å². The number of carbonyl (C=O) groups is 2. The molecule has 1 aromatic rings. The third kappa shape index (κ3) is 4.12. The Balaban J connectivity index is 2.64. The molecule has 0 saturated carbocycles. The first-order valence-electron chi connectivity index (χ1n) is 4.35. The van der Waals surface area contributed by atoms with Crippen molar-refractivity contribution < 1.29 is 9.59 Å². The topological polar surface area (TPSA) is 72.2 Å². The standard InChI is InChI=1S/C10H11BrN2O2/c11-6-10(15)13-8-3-1-7(2-4-8)5-9(12)14/h1-4H,5-6H2,(H2,12,14)(H,13,15). The van der Waals surface area contributed by atoms with E-state index in [9.17, 15) is 9.59 Å². The van der Waals surface area contributed by atoms with E-state index in [1.165, 1.54) is 0 Å². The van der Waals surface area contributed by atoms with Crippen LogP contribution >= 0.6 is 15.9 Å². The molecule has 0 spiro atoms. The molecule has 0 atom stereocenters. The summed E-state index contributed by atoms with van der Waals surface area (Å²) < 4.78 is 0. The van der Waals surface area contributed by atoms with Crippen molar-refractivity contribution in [2.24, 2.45) is 5.73 Å². The van der Waals surface area contributed by atoms with Crippen LogP contribution in [-0.4, -0.2) is 17.1 Å². The van der Waals surface area contributed by atoms with E-state index in [0.717, 1.165) is 5.56 Å². The van der Waals surface area contributed by atoms with Crippen molar-refractivity contribution in [3.05, 3.63) is 29.8 Å². The predicted octanol–water partition coefficient (Wildman–Crippen LogP) is 1.05. The molecule has 0 saturated heterocycles. The molecule has 15 heavy (non-hydrogen) atoms. The molecule has 0 radical (unpaired) electrons. The third-order valence-corrected chi connectivity index (χ3v) is 2.25. The van der Waals surface area contributed by atoms with Gasteiger partial charge in [-0.15, -0.1) is 0 Å². The lowest BCUT2D eigenvalue weighted by molar-refractivity contribution is -0.117. The minimum absolute atomic E-state index is 0.113. The van der Waals surface area contributed by atoms with Crippen LogP contribution in [0.4, 0.5) is 5.69 Å². The summed E-state index contributed by atoms with van der Waals surface area (Å²) in [5.41, 5.74) is 6.58. The number of rotatable bonds is 4. The van der Waals surface area contributed by atoms with Crippen molar-refractivity contribution in [1.29, 1.82) is 0 Å². The molecule has 0 unspecified atom stereocenters. The second kappa shape index (κ2) is 5.50. The van der Waals surface area contributed by atoms with E-state index in [1.54, 1.807) is 24.3 Å². The van der Waals surface area contributed by atoms with E-state index in [2.05, 4.69) is 21.2 Å². The van der Waals surface area contributed by atoms with Crippen LogP contribution < -0.4 is 11.1 Å². The molecule has 0 aliphatic heterocycles. The molecule has 1 rings (SSSR count). The number of amides is 2. The fraction of sp³-hybridized carbons (Fsp3) is 0.200. The van der Waals surface area contributed by atoms with Gasteiger partial charge < -0.3 is 11.1 Å². The molecule has 2 amide bonds. The number of halogens is 1. The fourth-order valence-electron chi connectivity index (χ4n) is 1.10. The Morgan fingerprint density at radius 1 is 1.27 bits per heavy atom. The first-order valence-corrected chi connectivity index (χ1v) is 5.47. The molecule has 0 aliphatic rings. The van der Waals surface area contributed by atoms with Gasteiger partial charge in [-0.25, -0.2) is 0 Å². The average Bonchev–Trinajstić information content (AvgIpc) is 2.20. The van der Waals surface area contributed by atoms with Gasteiger partial charge in [-0.1, -0.05) is 28.1 Å². The van der Waals surface area contributed by atoms with E-state index >= 15 is 0 Å². The zero-order chi connectivity index (χ0) is 11.3. The van der Waals surface area contributed by atoms with Crippen molar-refractivity contribution in [2.75, 3.05) is 10.6 Å². The molecule has 0 bridgehead atoms. The van der Waals surface area contributed by atoms with Crippen LogP contribution in [0.3, 0.4) is 0 Å². The fourth-order valence-corrected chi connectivity index (χ4v) is 1.24. The summed E-state index contributed by atoms with van der Waals surface area (Å²) in [6.07, 6.45) is 0.215. The van der Waals surface area contributed by atoms with Crippen molar-refractivity contribution in [1.82, 2.24) is 0 Å². The average molecular weight is 271 g/mol. The highest BCUT2D eigenvalue weighted by molar-refractivity contribution is 9.09. The van der Waals surface area contributed by atoms with Gasteiger partial charge in [0.15, 0.2) is 0 Å². The van der Waals surface area contributed by atoms with Gasteiger partial charge in [0, 0.05) is 5.69 Å². The molecular weight excluding hydrogens is 260 g/mol. The molecule has 0 aromatic heterocycles. The van der Waals surface area contributed by atoms with Gasteiger partial charge >= 0.3 is 0 Å². The first kappa shape index (κ1) is 11.7. The maximum Gasteiger partial charge on any atom is 0.235 e. The lowest BCUT2D eigenvalue weighted by Gasteiger charge is -2.03. The normalized spacial score (nSPS) is 9.67. The van der Waals surface area contributed by atoms with Gasteiger partial charge in [-0.2, -0.15) is 0 Å². The maximum absolute atomic E-state index is 11.0. The zero-order valence-corrected chi connectivity index (χ0v) is 9.58. The Bertz CT molecular complexity index is 362. The van der Waals surface area contributed by atoms with Crippen molar-refractivity contribution in [3.8, 4) is 0 Å². The van der Waals surface area contributed by atoms with Crippen molar-refractivity contribution in [2.45, 2.75) is 6.42 Å². The molecular formula is C10H11BrN2O2. The summed E-state index contributed by atoms with van der Waals surface area (Å²) in [5, 5.41) is 2.93. The largest absolute Gasteiger partial charge is 0.369 e. The summed E-state index contributed by atoms with van der Waals surface area (Å²) in [4.78, 5) is 21.6. The number of benzene rings is 1. The zero-order valence-electron chi connectivity index (χ0n) is 8.00. The maximum atomic E-state index is 11.0. The predicted molar refractivity (Wildman–Crippen MR) is 61.8 cm³/mol. The number of primary amides is 1. The van der Waals surface area contributed by atoms with Gasteiger partial charge in [0.1, 0.15) is 0 Å². The van der Waals surface area contributed by atoms with E-state index in [0.29, 0.717) is 5.69 Å². The van der Waals surface area contributed by atoms with Crippen LogP contribution in [0.5, 0.6) is 0 Å². The number of anilines is 1. The number of hydrogen-bond acceptors (Lipinski definition) is 2. The van der Waals surface area contributed by atoms with Crippen LogP contribution in [0.1, 0.15) is 5.56 Å². The van der Waals surface area contributed by atoms with Crippen LogP contribution in [0.15, 0.2) is 24.3 Å². The summed E-state index contributed by atoms with van der Waals surface area (Å²) in [5.74, 6) is -0.482. The minimum Gasteiger partial charge on any atom is -0.369 e. The molecule has 4 nitrogen and oxygen atoms in total. The second-order valence-electron chi connectivity index (χ2n) is 3.02. The number of alkyl halides is 1. The molecule has 0 heterocycles. The molecule has 5 heteroatoms. The minimum atomic E-state index is -0.368. The SMILES string of the molecule is NC(=O)Cc1ccc(NC(=O)CBr)cc1. The quantitative estimate of drug-likeness (QED) is 0.803. The lowest BCUT2D eigenvalue weighted by atomic mass is 10.1. The highest BCUT2D eigenvalue weighted by Crippen LogP contribution is 2.10. The summed E-state index contributed by atoms with van der Waals surface area (Å²) >= 11 is 3.05. The smallest absolute Gasteiger partial charge is 0.235 e. The van der Waals surface area contributed by atoms with E-state index in [-0.39, 0.29) is 23.6 Å². The summed E-state index contributed by atoms with van der Waals surface area (Å²) in [7, 11) is 0. The van der Waals surface area contributed by atoms with E-state index in [4.69, 9.17) is 5.73 Å².